The first-order valence-corrected chi connectivity index (χ1v) is 7.97. The minimum Gasteiger partial charge on any atom is -0.466 e. The van der Waals surface area contributed by atoms with Gasteiger partial charge in [-0.25, -0.2) is 0 Å². The van der Waals surface area contributed by atoms with Gasteiger partial charge in [-0.1, -0.05) is 37.3 Å². The van der Waals surface area contributed by atoms with Crippen molar-refractivity contribution in [2.45, 2.75) is 53.0 Å². The van der Waals surface area contributed by atoms with Crippen LogP contribution in [0.2, 0.25) is 0 Å². The molecule has 0 saturated heterocycles. The normalized spacial score (nSPS) is 12.6. The molecule has 114 valence electrons. The molecule has 0 saturated carbocycles. The largest absolute Gasteiger partial charge is 0.466 e. The number of hydrogen-bond acceptors (Lipinski definition) is 2. The van der Waals surface area contributed by atoms with Gasteiger partial charge in [-0.3, -0.25) is 0 Å². The minimum absolute atomic E-state index is 0.399. The molecule has 0 amide bonds. The van der Waals surface area contributed by atoms with Crippen LogP contribution >= 0.6 is 0 Å². The summed E-state index contributed by atoms with van der Waals surface area (Å²) in [6.45, 7) is 9.46. The summed E-state index contributed by atoms with van der Waals surface area (Å²) in [7, 11) is 0. The maximum Gasteiger partial charge on any atom is 0.106 e. The fourth-order valence-electron chi connectivity index (χ4n) is 3.07. The second kappa shape index (κ2) is 7.46. The number of benzene rings is 1. The van der Waals surface area contributed by atoms with Gasteiger partial charge < -0.3 is 9.73 Å². The molecule has 1 unspecified atom stereocenters. The second-order valence-electron chi connectivity index (χ2n) is 5.74. The molecule has 1 heterocycles. The van der Waals surface area contributed by atoms with E-state index in [9.17, 15) is 0 Å². The van der Waals surface area contributed by atoms with Gasteiger partial charge in [-0.05, 0) is 57.7 Å². The van der Waals surface area contributed by atoms with Gasteiger partial charge in [0.05, 0.1) is 0 Å². The Morgan fingerprint density at radius 3 is 2.33 bits per heavy atom. The fourth-order valence-corrected chi connectivity index (χ4v) is 3.07. The SMILES string of the molecule is CCNC(CCCc1ccccc1)c1c(C)oc(C)c1C. The maximum atomic E-state index is 5.80. The van der Waals surface area contributed by atoms with Crippen LogP contribution in [-0.2, 0) is 6.42 Å². The number of nitrogens with one attached hydrogen (secondary N) is 1. The van der Waals surface area contributed by atoms with Gasteiger partial charge in [0.25, 0.3) is 0 Å². The van der Waals surface area contributed by atoms with Crippen LogP contribution < -0.4 is 5.32 Å². The molecule has 1 aromatic heterocycles. The molecule has 0 aliphatic heterocycles. The molecule has 0 aliphatic carbocycles. The van der Waals surface area contributed by atoms with E-state index in [4.69, 9.17) is 4.42 Å². The van der Waals surface area contributed by atoms with E-state index >= 15 is 0 Å². The van der Waals surface area contributed by atoms with Crippen molar-refractivity contribution >= 4 is 0 Å². The predicted molar refractivity (Wildman–Crippen MR) is 88.7 cm³/mol. The minimum atomic E-state index is 0.399. The monoisotopic (exact) mass is 285 g/mol. The lowest BCUT2D eigenvalue weighted by atomic mass is 9.96. The Balaban J connectivity index is 2.02. The van der Waals surface area contributed by atoms with Crippen molar-refractivity contribution in [3.63, 3.8) is 0 Å². The van der Waals surface area contributed by atoms with Crippen molar-refractivity contribution < 1.29 is 4.42 Å². The Morgan fingerprint density at radius 2 is 1.76 bits per heavy atom. The van der Waals surface area contributed by atoms with Crippen LogP contribution in [0.4, 0.5) is 0 Å². The van der Waals surface area contributed by atoms with Crippen LogP contribution in [0.3, 0.4) is 0 Å². The first-order chi connectivity index (χ1) is 10.1. The van der Waals surface area contributed by atoms with Gasteiger partial charge >= 0.3 is 0 Å². The van der Waals surface area contributed by atoms with Crippen LogP contribution in [0.25, 0.3) is 0 Å². The van der Waals surface area contributed by atoms with Crippen molar-refractivity contribution in [2.75, 3.05) is 6.54 Å². The zero-order chi connectivity index (χ0) is 15.2. The van der Waals surface area contributed by atoms with Gasteiger partial charge in [0.1, 0.15) is 11.5 Å². The molecule has 2 aromatic rings. The Morgan fingerprint density at radius 1 is 1.05 bits per heavy atom. The van der Waals surface area contributed by atoms with Crippen LogP contribution in [0.1, 0.15) is 54.0 Å². The Kier molecular flexibility index (Phi) is 5.63. The molecule has 0 aliphatic rings. The van der Waals surface area contributed by atoms with Crippen molar-refractivity contribution in [2.24, 2.45) is 0 Å². The van der Waals surface area contributed by atoms with Crippen LogP contribution in [0.5, 0.6) is 0 Å². The third-order valence-corrected chi connectivity index (χ3v) is 4.22. The highest BCUT2D eigenvalue weighted by molar-refractivity contribution is 5.34. The van der Waals surface area contributed by atoms with E-state index in [0.717, 1.165) is 30.9 Å². The quantitative estimate of drug-likeness (QED) is 0.784. The molecule has 1 atom stereocenters. The highest BCUT2D eigenvalue weighted by atomic mass is 16.3. The van der Waals surface area contributed by atoms with Gasteiger partial charge in [0.15, 0.2) is 0 Å². The van der Waals surface area contributed by atoms with E-state index in [1.807, 2.05) is 0 Å². The molecular weight excluding hydrogens is 258 g/mol. The molecule has 2 heteroatoms. The highest BCUT2D eigenvalue weighted by Crippen LogP contribution is 2.30. The summed E-state index contributed by atoms with van der Waals surface area (Å²) in [6.07, 6.45) is 3.46. The van der Waals surface area contributed by atoms with Crippen molar-refractivity contribution in [1.29, 1.82) is 0 Å². The zero-order valence-corrected chi connectivity index (χ0v) is 13.7. The molecule has 1 N–H and O–H groups in total. The van der Waals surface area contributed by atoms with E-state index in [1.165, 1.54) is 23.1 Å². The van der Waals surface area contributed by atoms with Gasteiger partial charge in [-0.2, -0.15) is 0 Å². The Bertz CT molecular complexity index is 556. The van der Waals surface area contributed by atoms with E-state index < -0.39 is 0 Å². The summed E-state index contributed by atoms with van der Waals surface area (Å²) in [5.41, 5.74) is 4.09. The lowest BCUT2D eigenvalue weighted by Crippen LogP contribution is -2.22. The van der Waals surface area contributed by atoms with Crippen molar-refractivity contribution in [3.8, 4) is 0 Å². The Labute approximate surface area is 128 Å². The van der Waals surface area contributed by atoms with E-state index in [-0.39, 0.29) is 0 Å². The summed E-state index contributed by atoms with van der Waals surface area (Å²) in [6, 6.07) is 11.1. The summed E-state index contributed by atoms with van der Waals surface area (Å²) in [5, 5.41) is 3.62. The second-order valence-corrected chi connectivity index (χ2v) is 5.74. The number of hydrogen-bond donors (Lipinski definition) is 1. The van der Waals surface area contributed by atoms with E-state index in [1.54, 1.807) is 0 Å². The zero-order valence-electron chi connectivity index (χ0n) is 13.7. The lowest BCUT2D eigenvalue weighted by molar-refractivity contribution is 0.467. The van der Waals surface area contributed by atoms with Crippen molar-refractivity contribution in [3.05, 3.63) is 58.5 Å². The molecular formula is C19H27NO. The number of rotatable bonds is 7. The lowest BCUT2D eigenvalue weighted by Gasteiger charge is -2.18. The van der Waals surface area contributed by atoms with Crippen LogP contribution in [0.15, 0.2) is 34.7 Å². The van der Waals surface area contributed by atoms with Gasteiger partial charge in [0, 0.05) is 11.6 Å². The Hall–Kier alpha value is -1.54. The molecule has 0 fully saturated rings. The molecule has 2 nitrogen and oxygen atoms in total. The molecule has 0 radical (unpaired) electrons. The van der Waals surface area contributed by atoms with E-state index in [0.29, 0.717) is 6.04 Å². The topological polar surface area (TPSA) is 25.2 Å². The molecule has 21 heavy (non-hydrogen) atoms. The summed E-state index contributed by atoms with van der Waals surface area (Å²) < 4.78 is 5.80. The maximum absolute atomic E-state index is 5.80. The third kappa shape index (κ3) is 3.98. The number of furan rings is 1. The molecule has 0 bridgehead atoms. The first-order valence-electron chi connectivity index (χ1n) is 7.97. The number of aryl methyl sites for hydroxylation is 3. The van der Waals surface area contributed by atoms with Crippen LogP contribution in [-0.4, -0.2) is 6.54 Å². The average molecular weight is 285 g/mol. The molecule has 0 spiro atoms. The van der Waals surface area contributed by atoms with Crippen LogP contribution in [0, 0.1) is 20.8 Å². The highest BCUT2D eigenvalue weighted by Gasteiger charge is 2.19. The summed E-state index contributed by atoms with van der Waals surface area (Å²) in [5.74, 6) is 2.11. The van der Waals surface area contributed by atoms with Crippen molar-refractivity contribution in [1.82, 2.24) is 5.32 Å². The summed E-state index contributed by atoms with van der Waals surface area (Å²) in [4.78, 5) is 0. The standard InChI is InChI=1S/C19H27NO/c1-5-20-18(19-14(2)15(3)21-16(19)4)13-9-12-17-10-7-6-8-11-17/h6-8,10-11,18,20H,5,9,12-13H2,1-4H3. The summed E-state index contributed by atoms with van der Waals surface area (Å²) >= 11 is 0. The first kappa shape index (κ1) is 15.8. The van der Waals surface area contributed by atoms with Gasteiger partial charge in [0.2, 0.25) is 0 Å². The predicted octanol–water partition coefficient (Wildman–Crippen LogP) is 4.88. The third-order valence-electron chi connectivity index (χ3n) is 4.22. The van der Waals surface area contributed by atoms with E-state index in [2.05, 4.69) is 63.3 Å². The average Bonchev–Trinajstić information content (AvgIpc) is 2.73. The molecule has 1 aromatic carbocycles. The van der Waals surface area contributed by atoms with Gasteiger partial charge in [-0.15, -0.1) is 0 Å². The molecule has 2 rings (SSSR count). The smallest absolute Gasteiger partial charge is 0.106 e. The fraction of sp³-hybridized carbons (Fsp3) is 0.474.